The highest BCUT2D eigenvalue weighted by molar-refractivity contribution is 6.32. The minimum Gasteiger partial charge on any atom is -0.392 e. The lowest BCUT2D eigenvalue weighted by Gasteiger charge is -2.13. The van der Waals surface area contributed by atoms with Crippen molar-refractivity contribution in [2.24, 2.45) is 0 Å². The molecule has 0 spiro atoms. The molecular weight excluding hydrogens is 281 g/mol. The summed E-state index contributed by atoms with van der Waals surface area (Å²) in [5, 5.41) is 9.58. The molecule has 0 aromatic carbocycles. The van der Waals surface area contributed by atoms with Crippen molar-refractivity contribution in [1.29, 1.82) is 0 Å². The molecule has 22 heavy (non-hydrogen) atoms. The van der Waals surface area contributed by atoms with E-state index in [1.807, 2.05) is 0 Å². The molecule has 0 unspecified atom stereocenters. The summed E-state index contributed by atoms with van der Waals surface area (Å²) in [6.07, 6.45) is 2.16. The van der Waals surface area contributed by atoms with Gasteiger partial charge < -0.3 is 10.1 Å². The molecule has 1 aliphatic heterocycles. The summed E-state index contributed by atoms with van der Waals surface area (Å²) >= 11 is 0. The molecule has 1 aliphatic rings. The van der Waals surface area contributed by atoms with Crippen LogP contribution in [0, 0.1) is 0 Å². The second-order valence-corrected chi connectivity index (χ2v) is 5.66. The maximum Gasteiger partial charge on any atom is 0.279 e. The third-order valence-corrected chi connectivity index (χ3v) is 3.95. The number of hydrogen-bond donors (Lipinski definition) is 2. The number of β-amino-alcohol motifs (C(OH)–C–C–N with tert-alkyl or cyclic N) is 1. The number of H-pyrrole nitrogens is 1. The topological polar surface area (TPSA) is 86.5 Å². The third-order valence-electron chi connectivity index (χ3n) is 3.95. The quantitative estimate of drug-likeness (QED) is 0.588. The molecule has 1 fully saturated rings. The van der Waals surface area contributed by atoms with Gasteiger partial charge in [-0.3, -0.25) is 14.1 Å². The molecule has 4 heterocycles. The first-order valence-electron chi connectivity index (χ1n) is 7.17. The Kier molecular flexibility index (Phi) is 3.02. The van der Waals surface area contributed by atoms with Crippen LogP contribution in [0.1, 0.15) is 12.2 Å². The van der Waals surface area contributed by atoms with Crippen molar-refractivity contribution in [2.75, 3.05) is 13.1 Å². The first-order chi connectivity index (χ1) is 10.6. The molecular formula is C14H14BN5O2. The number of fused-ring (bicyclic) bond motifs is 3. The zero-order chi connectivity index (χ0) is 15.3. The maximum absolute atomic E-state index is 12.2. The van der Waals surface area contributed by atoms with E-state index in [0.717, 1.165) is 13.0 Å². The van der Waals surface area contributed by atoms with E-state index < -0.39 is 0 Å². The van der Waals surface area contributed by atoms with E-state index in [1.54, 1.807) is 22.7 Å². The van der Waals surface area contributed by atoms with E-state index in [4.69, 9.17) is 7.85 Å². The van der Waals surface area contributed by atoms with Gasteiger partial charge in [0, 0.05) is 19.3 Å². The zero-order valence-corrected chi connectivity index (χ0v) is 11.9. The lowest BCUT2D eigenvalue weighted by Crippen LogP contribution is -2.24. The summed E-state index contributed by atoms with van der Waals surface area (Å²) < 4.78 is 1.72. The fourth-order valence-electron chi connectivity index (χ4n) is 2.90. The molecule has 7 nitrogen and oxygen atoms in total. The lowest BCUT2D eigenvalue weighted by atomic mass is 9.99. The summed E-state index contributed by atoms with van der Waals surface area (Å²) in [5.74, 6) is 0.566. The van der Waals surface area contributed by atoms with Gasteiger partial charge in [0.05, 0.1) is 12.6 Å². The minimum atomic E-state index is -0.300. The van der Waals surface area contributed by atoms with Gasteiger partial charge in [-0.05, 0) is 12.5 Å². The summed E-state index contributed by atoms with van der Waals surface area (Å²) in [7, 11) is 5.80. The standard InChI is InChI=1S/C14H14BN5O2/c15-8-1-2-11-18-12-13(20(11)5-8)16-10(17-14(12)22)7-19-4-3-9(21)6-19/h1-2,5,9,21H,3-4,6-7H2,(H,16,17,22)/t9-/m0/s1. The fraction of sp³-hybridized carbons (Fsp3) is 0.357. The van der Waals surface area contributed by atoms with Crippen molar-refractivity contribution in [1.82, 2.24) is 24.3 Å². The van der Waals surface area contributed by atoms with E-state index in [2.05, 4.69) is 19.9 Å². The molecule has 0 bridgehead atoms. The Hall–Kier alpha value is -2.19. The van der Waals surface area contributed by atoms with Crippen LogP contribution in [0.2, 0.25) is 0 Å². The van der Waals surface area contributed by atoms with Gasteiger partial charge in [-0.2, -0.15) is 0 Å². The minimum absolute atomic E-state index is 0.262. The average molecular weight is 295 g/mol. The largest absolute Gasteiger partial charge is 0.392 e. The Labute approximate surface area is 127 Å². The highest BCUT2D eigenvalue weighted by atomic mass is 16.3. The number of pyridine rings is 1. The van der Waals surface area contributed by atoms with E-state index >= 15 is 0 Å². The first-order valence-corrected chi connectivity index (χ1v) is 7.17. The molecule has 4 rings (SSSR count). The molecule has 0 saturated carbocycles. The van der Waals surface area contributed by atoms with Crippen molar-refractivity contribution >= 4 is 30.1 Å². The molecule has 1 atom stereocenters. The second-order valence-electron chi connectivity index (χ2n) is 5.66. The number of hydrogen-bond acceptors (Lipinski definition) is 5. The van der Waals surface area contributed by atoms with E-state index in [-0.39, 0.29) is 11.7 Å². The van der Waals surface area contributed by atoms with E-state index in [0.29, 0.717) is 41.2 Å². The Morgan fingerprint density at radius 1 is 1.41 bits per heavy atom. The Morgan fingerprint density at radius 3 is 3.05 bits per heavy atom. The van der Waals surface area contributed by atoms with Gasteiger partial charge in [-0.15, -0.1) is 0 Å². The monoisotopic (exact) mass is 295 g/mol. The number of nitrogens with one attached hydrogen (secondary N) is 1. The van der Waals surface area contributed by atoms with E-state index in [9.17, 15) is 9.90 Å². The molecule has 0 aliphatic carbocycles. The molecule has 3 aromatic heterocycles. The van der Waals surface area contributed by atoms with Crippen LogP contribution in [0.25, 0.3) is 16.8 Å². The lowest BCUT2D eigenvalue weighted by molar-refractivity contribution is 0.174. The van der Waals surface area contributed by atoms with Crippen LogP contribution >= 0.6 is 0 Å². The summed E-state index contributed by atoms with van der Waals surface area (Å²) in [6.45, 7) is 1.89. The predicted octanol–water partition coefficient (Wildman–Crippen LogP) is -1.07. The number of aliphatic hydroxyl groups is 1. The van der Waals surface area contributed by atoms with E-state index in [1.165, 1.54) is 0 Å². The zero-order valence-electron chi connectivity index (χ0n) is 11.9. The van der Waals surface area contributed by atoms with Crippen LogP contribution in [-0.4, -0.2) is 56.4 Å². The van der Waals surface area contributed by atoms with Crippen molar-refractivity contribution in [3.8, 4) is 0 Å². The molecule has 3 aromatic rings. The van der Waals surface area contributed by atoms with Crippen molar-refractivity contribution in [2.45, 2.75) is 19.1 Å². The van der Waals surface area contributed by atoms with Gasteiger partial charge in [0.15, 0.2) is 11.2 Å². The number of rotatable bonds is 2. The van der Waals surface area contributed by atoms with Gasteiger partial charge in [-0.25, -0.2) is 9.97 Å². The summed E-state index contributed by atoms with van der Waals surface area (Å²) in [6, 6.07) is 3.49. The molecule has 0 amide bonds. The van der Waals surface area contributed by atoms with Crippen LogP contribution in [0.15, 0.2) is 23.1 Å². The smallest absolute Gasteiger partial charge is 0.279 e. The average Bonchev–Trinajstić information content (AvgIpc) is 3.03. The Bertz CT molecular complexity index is 919. The number of aromatic amines is 1. The first kappa shape index (κ1) is 13.5. The third kappa shape index (κ3) is 2.20. The molecule has 1 saturated heterocycles. The molecule has 2 N–H and O–H groups in total. The van der Waals surface area contributed by atoms with Crippen molar-refractivity contribution in [3.05, 3.63) is 34.5 Å². The fourth-order valence-corrected chi connectivity index (χ4v) is 2.90. The number of imidazole rings is 1. The van der Waals surface area contributed by atoms with Crippen molar-refractivity contribution in [3.63, 3.8) is 0 Å². The summed E-state index contributed by atoms with van der Waals surface area (Å²) in [4.78, 5) is 25.9. The normalized spacial score (nSPS) is 19.4. The van der Waals surface area contributed by atoms with Crippen LogP contribution in [0.3, 0.4) is 0 Å². The second kappa shape index (κ2) is 4.93. The SMILES string of the molecule is [B]c1ccc2nc3c(=O)[nH]c(CN4CC[C@H](O)C4)nc3n2c1. The Balaban J connectivity index is 1.82. The Morgan fingerprint density at radius 2 is 2.27 bits per heavy atom. The van der Waals surface area contributed by atoms with Crippen LogP contribution in [0.5, 0.6) is 0 Å². The van der Waals surface area contributed by atoms with Gasteiger partial charge in [-0.1, -0.05) is 11.5 Å². The van der Waals surface area contributed by atoms with Crippen LogP contribution in [0.4, 0.5) is 0 Å². The maximum atomic E-state index is 12.2. The van der Waals surface area contributed by atoms with Gasteiger partial charge in [0.25, 0.3) is 5.56 Å². The highest BCUT2D eigenvalue weighted by Crippen LogP contribution is 2.13. The van der Waals surface area contributed by atoms with Crippen molar-refractivity contribution < 1.29 is 5.11 Å². The molecule has 8 heteroatoms. The highest BCUT2D eigenvalue weighted by Gasteiger charge is 2.21. The molecule has 2 radical (unpaired) electrons. The number of nitrogens with zero attached hydrogens (tertiary/aromatic N) is 4. The summed E-state index contributed by atoms with van der Waals surface area (Å²) in [5.41, 5.74) is 1.76. The van der Waals surface area contributed by atoms with Gasteiger partial charge in [0.1, 0.15) is 19.3 Å². The van der Waals surface area contributed by atoms with Crippen LogP contribution in [-0.2, 0) is 6.54 Å². The predicted molar refractivity (Wildman–Crippen MR) is 82.4 cm³/mol. The van der Waals surface area contributed by atoms with Gasteiger partial charge in [0.2, 0.25) is 0 Å². The number of aromatic nitrogens is 4. The molecule has 110 valence electrons. The van der Waals surface area contributed by atoms with Gasteiger partial charge >= 0.3 is 0 Å². The number of aliphatic hydroxyl groups excluding tert-OH is 1. The number of likely N-dealkylation sites (tertiary alicyclic amines) is 1. The van der Waals surface area contributed by atoms with Crippen LogP contribution < -0.4 is 11.0 Å².